The molecular weight excluding hydrogens is 384 g/mol. The van der Waals surface area contributed by atoms with Crippen molar-refractivity contribution in [2.75, 3.05) is 5.32 Å². The number of β-lactam (4-membered cyclic amide) rings is 1. The van der Waals surface area contributed by atoms with E-state index >= 15 is 0 Å². The first-order chi connectivity index (χ1) is 12.9. The van der Waals surface area contributed by atoms with E-state index in [1.165, 1.54) is 0 Å². The molecule has 1 aliphatic heterocycles. The van der Waals surface area contributed by atoms with Gasteiger partial charge in [-0.2, -0.15) is 0 Å². The smallest absolute Gasteiger partial charge is 0.236 e. The van der Waals surface area contributed by atoms with Crippen molar-refractivity contribution in [2.45, 2.75) is 71.3 Å². The van der Waals surface area contributed by atoms with E-state index in [9.17, 15) is 4.79 Å². The summed E-state index contributed by atoms with van der Waals surface area (Å²) in [5, 5.41) is 3.78. The predicted octanol–water partition coefficient (Wildman–Crippen LogP) is 5.51. The third kappa shape index (κ3) is 4.55. The second kappa shape index (κ2) is 8.47. The van der Waals surface area contributed by atoms with Crippen LogP contribution in [0.25, 0.3) is 0 Å². The number of nitrogens with one attached hydrogen (secondary N) is 1. The van der Waals surface area contributed by atoms with Crippen molar-refractivity contribution >= 4 is 37.2 Å². The van der Waals surface area contributed by atoms with Gasteiger partial charge in [0.05, 0.1) is 18.1 Å². The number of nitrogens with zero attached hydrogens (tertiary/aromatic N) is 1. The van der Waals surface area contributed by atoms with Crippen LogP contribution >= 0.6 is 12.2 Å². The maximum absolute atomic E-state index is 13.0. The van der Waals surface area contributed by atoms with E-state index in [1.54, 1.807) is 4.90 Å². The number of hydrogen-bond acceptors (Lipinski definition) is 3. The first kappa shape index (κ1) is 22.8. The molecule has 2 rings (SSSR count). The number of rotatable bonds is 6. The van der Waals surface area contributed by atoms with Gasteiger partial charge in [-0.25, -0.2) is 0 Å². The molecule has 1 aromatic rings. The molecule has 1 N–H and O–H groups in total. The van der Waals surface area contributed by atoms with Crippen LogP contribution in [-0.4, -0.2) is 36.4 Å². The van der Waals surface area contributed by atoms with Gasteiger partial charge in [-0.05, 0) is 62.2 Å². The van der Waals surface area contributed by atoms with E-state index in [1.807, 2.05) is 44.2 Å². The minimum Gasteiger partial charge on any atom is -0.413 e. The van der Waals surface area contributed by atoms with Crippen LogP contribution in [0, 0.1) is 12.8 Å². The van der Waals surface area contributed by atoms with Gasteiger partial charge < -0.3 is 9.74 Å². The number of para-hydroxylation sites is 1. The summed E-state index contributed by atoms with van der Waals surface area (Å²) in [7, 11) is -1.96. The van der Waals surface area contributed by atoms with Gasteiger partial charge in [0.15, 0.2) is 13.4 Å². The van der Waals surface area contributed by atoms with E-state index in [2.05, 4.69) is 45.8 Å². The maximum Gasteiger partial charge on any atom is 0.236 e. The van der Waals surface area contributed by atoms with Gasteiger partial charge in [0.2, 0.25) is 5.91 Å². The average Bonchev–Trinajstić information content (AvgIpc) is 2.55. The lowest BCUT2D eigenvalue weighted by molar-refractivity contribution is -0.153. The molecule has 1 aromatic carbocycles. The van der Waals surface area contributed by atoms with Gasteiger partial charge in [-0.1, -0.05) is 45.0 Å². The summed E-state index contributed by atoms with van der Waals surface area (Å²) in [6, 6.07) is 7.90. The third-order valence-corrected chi connectivity index (χ3v) is 10.9. The minimum atomic E-state index is -1.96. The van der Waals surface area contributed by atoms with E-state index in [0.717, 1.165) is 11.3 Å². The van der Waals surface area contributed by atoms with Gasteiger partial charge in [-0.15, -0.1) is 6.58 Å². The van der Waals surface area contributed by atoms with Crippen molar-refractivity contribution in [2.24, 2.45) is 5.92 Å². The Bertz CT molecular complexity index is 757. The van der Waals surface area contributed by atoms with Crippen molar-refractivity contribution in [1.29, 1.82) is 0 Å². The number of anilines is 1. The molecule has 0 radical (unpaired) electrons. The normalized spacial score (nSPS) is 21.1. The number of amides is 1. The molecule has 28 heavy (non-hydrogen) atoms. The Labute approximate surface area is 176 Å². The zero-order valence-electron chi connectivity index (χ0n) is 18.2. The van der Waals surface area contributed by atoms with Crippen molar-refractivity contribution in [3.63, 3.8) is 0 Å². The standard InChI is InChI=1S/C22H34N2O2SSi/c1-9-12-18-19(16(3)26-28(7,8)22(4,5)6)20(25)24(18)21(27)23-17-14-11-10-13-15(17)2/h9-11,13-14,16,18-19H,1,12H2,2-8H3,(H,23,27)/t16-,18-,19-/m1/s1. The van der Waals surface area contributed by atoms with Crippen LogP contribution in [0.3, 0.4) is 0 Å². The number of carbonyl (C=O) groups is 1. The van der Waals surface area contributed by atoms with Crippen LogP contribution in [0.4, 0.5) is 5.69 Å². The molecule has 0 unspecified atom stereocenters. The first-order valence-corrected chi connectivity index (χ1v) is 13.2. The Morgan fingerprint density at radius 2 is 2.00 bits per heavy atom. The molecule has 154 valence electrons. The lowest BCUT2D eigenvalue weighted by atomic mass is 9.82. The van der Waals surface area contributed by atoms with E-state index in [-0.39, 0.29) is 29.0 Å². The zero-order chi connectivity index (χ0) is 21.3. The molecule has 1 saturated heterocycles. The highest BCUT2D eigenvalue weighted by molar-refractivity contribution is 7.80. The summed E-state index contributed by atoms with van der Waals surface area (Å²) in [4.78, 5) is 14.7. The van der Waals surface area contributed by atoms with Crippen molar-refractivity contribution in [3.8, 4) is 0 Å². The fraction of sp³-hybridized carbons (Fsp3) is 0.545. The number of aryl methyl sites for hydroxylation is 1. The molecule has 0 spiro atoms. The lowest BCUT2D eigenvalue weighted by Gasteiger charge is -2.51. The lowest BCUT2D eigenvalue weighted by Crippen LogP contribution is -2.67. The Hall–Kier alpha value is -1.50. The SMILES string of the molecule is C=CC[C@@H]1[C@@H]([C@@H](C)O[Si](C)(C)C(C)(C)C)C(=O)N1C(=S)Nc1ccccc1C. The maximum atomic E-state index is 13.0. The van der Waals surface area contributed by atoms with Gasteiger partial charge in [-0.3, -0.25) is 9.69 Å². The summed E-state index contributed by atoms with van der Waals surface area (Å²) in [5.41, 5.74) is 2.01. The second-order valence-corrected chi connectivity index (χ2v) is 14.3. The van der Waals surface area contributed by atoms with Gasteiger partial charge in [0, 0.05) is 5.69 Å². The number of likely N-dealkylation sites (tertiary alicyclic amines) is 1. The zero-order valence-corrected chi connectivity index (χ0v) is 20.0. The molecular formula is C22H34N2O2SSi. The van der Waals surface area contributed by atoms with Gasteiger partial charge >= 0.3 is 0 Å². The Morgan fingerprint density at radius 1 is 1.39 bits per heavy atom. The summed E-state index contributed by atoms with van der Waals surface area (Å²) in [5.74, 6) is -0.159. The highest BCUT2D eigenvalue weighted by atomic mass is 32.1. The molecule has 1 heterocycles. The van der Waals surface area contributed by atoms with Crippen LogP contribution in [0.1, 0.15) is 39.7 Å². The number of thiocarbonyl (C=S) groups is 1. The van der Waals surface area contributed by atoms with Crippen LogP contribution in [0.5, 0.6) is 0 Å². The van der Waals surface area contributed by atoms with Gasteiger partial charge in [0.25, 0.3) is 0 Å². The molecule has 0 saturated carbocycles. The summed E-state index contributed by atoms with van der Waals surface area (Å²) >= 11 is 5.57. The molecule has 1 amide bonds. The van der Waals surface area contributed by atoms with Crippen LogP contribution < -0.4 is 5.32 Å². The fourth-order valence-corrected chi connectivity index (χ4v) is 5.12. The molecule has 0 bridgehead atoms. The quantitative estimate of drug-likeness (QED) is 0.286. The Morgan fingerprint density at radius 3 is 2.54 bits per heavy atom. The molecule has 0 aliphatic carbocycles. The highest BCUT2D eigenvalue weighted by Gasteiger charge is 2.53. The van der Waals surface area contributed by atoms with E-state index < -0.39 is 8.32 Å². The van der Waals surface area contributed by atoms with Crippen molar-refractivity contribution < 1.29 is 9.22 Å². The fourth-order valence-electron chi connectivity index (χ4n) is 3.36. The average molecular weight is 419 g/mol. The van der Waals surface area contributed by atoms with Crippen LogP contribution in [0.15, 0.2) is 36.9 Å². The van der Waals surface area contributed by atoms with E-state index in [0.29, 0.717) is 11.5 Å². The first-order valence-electron chi connectivity index (χ1n) is 9.89. The number of carbonyl (C=O) groups excluding carboxylic acids is 1. The summed E-state index contributed by atoms with van der Waals surface area (Å²) in [6.07, 6.45) is 2.40. The van der Waals surface area contributed by atoms with Crippen LogP contribution in [0.2, 0.25) is 18.1 Å². The van der Waals surface area contributed by atoms with Crippen molar-refractivity contribution in [1.82, 2.24) is 4.90 Å². The van der Waals surface area contributed by atoms with Gasteiger partial charge in [0.1, 0.15) is 0 Å². The van der Waals surface area contributed by atoms with Crippen LogP contribution in [-0.2, 0) is 9.22 Å². The highest BCUT2D eigenvalue weighted by Crippen LogP contribution is 2.41. The van der Waals surface area contributed by atoms with Crippen molar-refractivity contribution in [3.05, 3.63) is 42.5 Å². The predicted molar refractivity (Wildman–Crippen MR) is 124 cm³/mol. The third-order valence-electron chi connectivity index (χ3n) is 6.07. The molecule has 3 atom stereocenters. The molecule has 1 aliphatic rings. The number of benzene rings is 1. The number of hydrogen-bond donors (Lipinski definition) is 1. The van der Waals surface area contributed by atoms with E-state index in [4.69, 9.17) is 16.6 Å². The minimum absolute atomic E-state index is 0.0196. The molecule has 0 aromatic heterocycles. The largest absolute Gasteiger partial charge is 0.413 e. The Balaban J connectivity index is 2.15. The monoisotopic (exact) mass is 418 g/mol. The summed E-state index contributed by atoms with van der Waals surface area (Å²) < 4.78 is 6.51. The second-order valence-electron chi connectivity index (χ2n) is 9.15. The molecule has 1 fully saturated rings. The topological polar surface area (TPSA) is 41.6 Å². The summed E-state index contributed by atoms with van der Waals surface area (Å²) in [6.45, 7) is 19.0. The molecule has 4 nitrogen and oxygen atoms in total. The molecule has 6 heteroatoms. The Kier molecular flexibility index (Phi) is 6.89.